The fourth-order valence-corrected chi connectivity index (χ4v) is 1.62. The maximum absolute atomic E-state index is 13.7. The monoisotopic (exact) mass is 271 g/mol. The Kier molecular flexibility index (Phi) is 4.51. The van der Waals surface area contributed by atoms with Gasteiger partial charge in [0.1, 0.15) is 5.75 Å². The highest BCUT2D eigenvalue weighted by Gasteiger charge is 2.07. The van der Waals surface area contributed by atoms with Gasteiger partial charge in [-0.3, -0.25) is 4.98 Å². The molecular weight excluding hydrogens is 257 g/mol. The van der Waals surface area contributed by atoms with Crippen molar-refractivity contribution >= 4 is 5.69 Å². The molecule has 0 aliphatic rings. The summed E-state index contributed by atoms with van der Waals surface area (Å²) in [6.45, 7) is 2.89. The Labute approximate surface area is 116 Å². The van der Waals surface area contributed by atoms with Crippen LogP contribution in [0.2, 0.25) is 0 Å². The van der Waals surface area contributed by atoms with E-state index in [1.54, 1.807) is 12.3 Å². The van der Waals surface area contributed by atoms with Gasteiger partial charge in [0.15, 0.2) is 11.6 Å². The van der Waals surface area contributed by atoms with Crippen molar-refractivity contribution in [2.24, 2.45) is 0 Å². The highest BCUT2D eigenvalue weighted by Crippen LogP contribution is 2.26. The SMILES string of the molecule is CCCNc1cncc(Oc2ccc(C#N)cc2F)c1. The summed E-state index contributed by atoms with van der Waals surface area (Å²) >= 11 is 0. The van der Waals surface area contributed by atoms with Gasteiger partial charge in [0.05, 0.1) is 29.7 Å². The molecule has 0 amide bonds. The summed E-state index contributed by atoms with van der Waals surface area (Å²) < 4.78 is 19.2. The molecule has 0 radical (unpaired) electrons. The zero-order valence-corrected chi connectivity index (χ0v) is 11.1. The number of benzene rings is 1. The molecule has 0 unspecified atom stereocenters. The Hall–Kier alpha value is -2.61. The van der Waals surface area contributed by atoms with Crippen molar-refractivity contribution in [2.45, 2.75) is 13.3 Å². The van der Waals surface area contributed by atoms with Crippen molar-refractivity contribution in [1.29, 1.82) is 5.26 Å². The number of rotatable bonds is 5. The summed E-state index contributed by atoms with van der Waals surface area (Å²) in [6, 6.07) is 7.70. The number of halogens is 1. The first-order chi connectivity index (χ1) is 9.72. The number of hydrogen-bond acceptors (Lipinski definition) is 4. The van der Waals surface area contributed by atoms with E-state index in [0.29, 0.717) is 5.75 Å². The van der Waals surface area contributed by atoms with Gasteiger partial charge in [0, 0.05) is 12.6 Å². The quantitative estimate of drug-likeness (QED) is 0.900. The Morgan fingerprint density at radius 2 is 2.20 bits per heavy atom. The molecule has 2 rings (SSSR count). The Balaban J connectivity index is 2.15. The van der Waals surface area contributed by atoms with Crippen molar-refractivity contribution in [1.82, 2.24) is 4.98 Å². The van der Waals surface area contributed by atoms with Crippen LogP contribution in [-0.2, 0) is 0 Å². The lowest BCUT2D eigenvalue weighted by molar-refractivity contribution is 0.440. The van der Waals surface area contributed by atoms with Gasteiger partial charge < -0.3 is 10.1 Å². The molecule has 1 aromatic carbocycles. The molecule has 1 aromatic heterocycles. The van der Waals surface area contributed by atoms with Crippen LogP contribution in [0.3, 0.4) is 0 Å². The second kappa shape index (κ2) is 6.53. The number of anilines is 1. The van der Waals surface area contributed by atoms with E-state index >= 15 is 0 Å². The Morgan fingerprint density at radius 3 is 2.90 bits per heavy atom. The highest BCUT2D eigenvalue weighted by molar-refractivity contribution is 5.46. The molecule has 0 bridgehead atoms. The number of pyridine rings is 1. The molecule has 5 heteroatoms. The predicted octanol–water partition coefficient (Wildman–Crippen LogP) is 3.71. The van der Waals surface area contributed by atoms with Gasteiger partial charge in [0.25, 0.3) is 0 Å². The average molecular weight is 271 g/mol. The molecule has 1 heterocycles. The van der Waals surface area contributed by atoms with Crippen LogP contribution in [0, 0.1) is 17.1 Å². The molecular formula is C15H14FN3O. The fourth-order valence-electron chi connectivity index (χ4n) is 1.62. The lowest BCUT2D eigenvalue weighted by atomic mass is 10.2. The molecule has 4 nitrogen and oxygen atoms in total. The van der Waals surface area contributed by atoms with Crippen LogP contribution in [0.5, 0.6) is 11.5 Å². The maximum Gasteiger partial charge on any atom is 0.167 e. The van der Waals surface area contributed by atoms with E-state index in [-0.39, 0.29) is 11.3 Å². The molecule has 0 spiro atoms. The first-order valence-electron chi connectivity index (χ1n) is 6.29. The minimum absolute atomic E-state index is 0.0680. The van der Waals surface area contributed by atoms with Crippen LogP contribution in [0.4, 0.5) is 10.1 Å². The van der Waals surface area contributed by atoms with Gasteiger partial charge in [-0.25, -0.2) is 4.39 Å². The zero-order chi connectivity index (χ0) is 14.4. The van der Waals surface area contributed by atoms with E-state index in [9.17, 15) is 4.39 Å². The van der Waals surface area contributed by atoms with Crippen molar-refractivity contribution in [3.8, 4) is 17.6 Å². The molecule has 0 saturated carbocycles. The van der Waals surface area contributed by atoms with Crippen LogP contribution in [0.15, 0.2) is 36.7 Å². The Morgan fingerprint density at radius 1 is 1.35 bits per heavy atom. The summed E-state index contributed by atoms with van der Waals surface area (Å²) in [5.74, 6) is -0.0656. The molecule has 0 aliphatic heterocycles. The standard InChI is InChI=1S/C15H14FN3O/c1-2-5-19-12-7-13(10-18-9-12)20-15-4-3-11(8-17)6-14(15)16/h3-4,6-7,9-10,19H,2,5H2,1H3. The fraction of sp³-hybridized carbons (Fsp3) is 0.200. The average Bonchev–Trinajstić information content (AvgIpc) is 2.47. The smallest absolute Gasteiger partial charge is 0.167 e. The predicted molar refractivity (Wildman–Crippen MR) is 74.2 cm³/mol. The van der Waals surface area contributed by atoms with Crippen molar-refractivity contribution in [3.63, 3.8) is 0 Å². The van der Waals surface area contributed by atoms with Crippen LogP contribution >= 0.6 is 0 Å². The molecule has 1 N–H and O–H groups in total. The van der Waals surface area contributed by atoms with Crippen molar-refractivity contribution < 1.29 is 9.13 Å². The van der Waals surface area contributed by atoms with Gasteiger partial charge in [-0.1, -0.05) is 6.92 Å². The normalized spacial score (nSPS) is 9.85. The summed E-state index contributed by atoms with van der Waals surface area (Å²) in [5, 5.41) is 11.9. The van der Waals surface area contributed by atoms with E-state index < -0.39 is 5.82 Å². The van der Waals surface area contributed by atoms with Gasteiger partial charge in [-0.2, -0.15) is 5.26 Å². The van der Waals surface area contributed by atoms with E-state index in [1.807, 2.05) is 6.07 Å². The number of nitriles is 1. The highest BCUT2D eigenvalue weighted by atomic mass is 19.1. The van der Waals surface area contributed by atoms with Gasteiger partial charge in [0.2, 0.25) is 0 Å². The van der Waals surface area contributed by atoms with Gasteiger partial charge >= 0.3 is 0 Å². The third kappa shape index (κ3) is 3.45. The van der Waals surface area contributed by atoms with Crippen LogP contribution < -0.4 is 10.1 Å². The van der Waals surface area contributed by atoms with Crippen LogP contribution in [-0.4, -0.2) is 11.5 Å². The lowest BCUT2D eigenvalue weighted by Gasteiger charge is -2.09. The topological polar surface area (TPSA) is 57.9 Å². The number of hydrogen-bond donors (Lipinski definition) is 1. The van der Waals surface area contributed by atoms with Crippen LogP contribution in [0.1, 0.15) is 18.9 Å². The molecule has 20 heavy (non-hydrogen) atoms. The molecule has 0 fully saturated rings. The first kappa shape index (κ1) is 13.8. The summed E-state index contributed by atoms with van der Waals surface area (Å²) in [7, 11) is 0. The van der Waals surface area contributed by atoms with Crippen LogP contribution in [0.25, 0.3) is 0 Å². The molecule has 0 aliphatic carbocycles. The first-order valence-corrected chi connectivity index (χ1v) is 6.29. The third-order valence-electron chi connectivity index (χ3n) is 2.58. The zero-order valence-electron chi connectivity index (χ0n) is 11.1. The third-order valence-corrected chi connectivity index (χ3v) is 2.58. The van der Waals surface area contributed by atoms with Crippen molar-refractivity contribution in [3.05, 3.63) is 48.0 Å². The minimum atomic E-state index is -0.573. The second-order valence-corrected chi connectivity index (χ2v) is 4.20. The number of aromatic nitrogens is 1. The summed E-state index contributed by atoms with van der Waals surface area (Å²) in [6.07, 6.45) is 4.18. The minimum Gasteiger partial charge on any atom is -0.453 e. The number of nitrogens with one attached hydrogen (secondary N) is 1. The second-order valence-electron chi connectivity index (χ2n) is 4.20. The number of ether oxygens (including phenoxy) is 1. The summed E-state index contributed by atoms with van der Waals surface area (Å²) in [4.78, 5) is 4.03. The summed E-state index contributed by atoms with van der Waals surface area (Å²) in [5.41, 5.74) is 1.07. The maximum atomic E-state index is 13.7. The van der Waals surface area contributed by atoms with Crippen molar-refractivity contribution in [2.75, 3.05) is 11.9 Å². The van der Waals surface area contributed by atoms with E-state index in [1.165, 1.54) is 18.3 Å². The molecule has 0 atom stereocenters. The van der Waals surface area contributed by atoms with Gasteiger partial charge in [-0.15, -0.1) is 0 Å². The largest absolute Gasteiger partial charge is 0.453 e. The molecule has 102 valence electrons. The van der Waals surface area contributed by atoms with E-state index in [2.05, 4.69) is 17.2 Å². The lowest BCUT2D eigenvalue weighted by Crippen LogP contribution is -2.00. The molecule has 2 aromatic rings. The number of nitrogens with zero attached hydrogens (tertiary/aromatic N) is 2. The van der Waals surface area contributed by atoms with Gasteiger partial charge in [-0.05, 0) is 24.6 Å². The molecule has 0 saturated heterocycles. The van der Waals surface area contributed by atoms with E-state index in [4.69, 9.17) is 10.00 Å². The Bertz CT molecular complexity index is 637. The van der Waals surface area contributed by atoms with E-state index in [0.717, 1.165) is 24.7 Å².